The van der Waals surface area contributed by atoms with E-state index in [0.29, 0.717) is 5.92 Å². The van der Waals surface area contributed by atoms with Crippen LogP contribution < -0.4 is 0 Å². The fraction of sp³-hybridized carbons (Fsp3) is 0.923. The van der Waals surface area contributed by atoms with Gasteiger partial charge in [0.1, 0.15) is 0 Å². The minimum atomic E-state index is -0.540. The molecule has 0 radical (unpaired) electrons. The van der Waals surface area contributed by atoms with Gasteiger partial charge < -0.3 is 5.11 Å². The minimum absolute atomic E-state index is 0.0226. The third-order valence-electron chi connectivity index (χ3n) is 4.25. The lowest BCUT2D eigenvalue weighted by Crippen LogP contribution is -2.31. The Balaban J connectivity index is 1.95. The van der Waals surface area contributed by atoms with Gasteiger partial charge in [-0.15, -0.1) is 0 Å². The van der Waals surface area contributed by atoms with E-state index in [1.54, 1.807) is 0 Å². The van der Waals surface area contributed by atoms with E-state index in [-0.39, 0.29) is 5.92 Å². The predicted octanol–water partition coefficient (Wildman–Crippen LogP) is 3.31. The lowest BCUT2D eigenvalue weighted by atomic mass is 9.71. The van der Waals surface area contributed by atoms with Crippen LogP contribution in [0.5, 0.6) is 0 Å². The van der Waals surface area contributed by atoms with E-state index in [1.807, 2.05) is 0 Å². The molecule has 3 unspecified atom stereocenters. The predicted molar refractivity (Wildman–Crippen MR) is 59.6 cm³/mol. The van der Waals surface area contributed by atoms with Gasteiger partial charge in [0.25, 0.3) is 0 Å². The lowest BCUT2D eigenvalue weighted by Gasteiger charge is -2.34. The Labute approximate surface area is 92.1 Å². The Hall–Kier alpha value is -0.530. The van der Waals surface area contributed by atoms with Crippen molar-refractivity contribution in [2.45, 2.75) is 51.9 Å². The SMILES string of the molecule is CCCC1CCC(C(=O)O)C(C2CC2)C1. The topological polar surface area (TPSA) is 37.3 Å². The van der Waals surface area contributed by atoms with Gasteiger partial charge in [0.15, 0.2) is 0 Å². The molecule has 0 aromatic heterocycles. The van der Waals surface area contributed by atoms with Crippen LogP contribution in [0.4, 0.5) is 0 Å². The highest BCUT2D eigenvalue weighted by molar-refractivity contribution is 5.70. The Bertz CT molecular complexity index is 233. The minimum Gasteiger partial charge on any atom is -0.481 e. The zero-order valence-corrected chi connectivity index (χ0v) is 9.61. The first-order valence-corrected chi connectivity index (χ1v) is 6.45. The number of hydrogen-bond donors (Lipinski definition) is 1. The van der Waals surface area contributed by atoms with E-state index in [0.717, 1.165) is 24.7 Å². The Kier molecular flexibility index (Phi) is 3.32. The van der Waals surface area contributed by atoms with Crippen molar-refractivity contribution in [2.24, 2.45) is 23.7 Å². The molecule has 0 aromatic rings. The quantitative estimate of drug-likeness (QED) is 0.773. The van der Waals surface area contributed by atoms with Crippen LogP contribution in [0, 0.1) is 23.7 Å². The third-order valence-corrected chi connectivity index (χ3v) is 4.25. The summed E-state index contributed by atoms with van der Waals surface area (Å²) in [6.45, 7) is 2.23. The maximum atomic E-state index is 11.2. The highest BCUT2D eigenvalue weighted by Crippen LogP contribution is 2.48. The molecule has 2 aliphatic rings. The van der Waals surface area contributed by atoms with Gasteiger partial charge in [0.2, 0.25) is 0 Å². The van der Waals surface area contributed by atoms with Crippen LogP contribution >= 0.6 is 0 Å². The molecule has 2 fully saturated rings. The molecule has 2 heteroatoms. The van der Waals surface area contributed by atoms with Crippen molar-refractivity contribution in [1.82, 2.24) is 0 Å². The van der Waals surface area contributed by atoms with Crippen LogP contribution in [-0.2, 0) is 4.79 Å². The summed E-state index contributed by atoms with van der Waals surface area (Å²) in [6.07, 6.45) is 8.39. The van der Waals surface area contributed by atoms with Crippen molar-refractivity contribution in [2.75, 3.05) is 0 Å². The van der Waals surface area contributed by atoms with E-state index in [9.17, 15) is 9.90 Å². The molecule has 15 heavy (non-hydrogen) atoms. The van der Waals surface area contributed by atoms with Crippen LogP contribution in [0.15, 0.2) is 0 Å². The van der Waals surface area contributed by atoms with E-state index >= 15 is 0 Å². The third kappa shape index (κ3) is 2.53. The average Bonchev–Trinajstić information content (AvgIpc) is 3.01. The van der Waals surface area contributed by atoms with Gasteiger partial charge in [0, 0.05) is 0 Å². The van der Waals surface area contributed by atoms with Gasteiger partial charge in [-0.2, -0.15) is 0 Å². The largest absolute Gasteiger partial charge is 0.481 e. The number of rotatable bonds is 4. The molecule has 1 N–H and O–H groups in total. The Morgan fingerprint density at radius 1 is 1.27 bits per heavy atom. The molecule has 3 atom stereocenters. The molecule has 2 saturated carbocycles. The maximum absolute atomic E-state index is 11.2. The standard InChI is InChI=1S/C13H22O2/c1-2-3-9-4-7-11(13(14)15)12(8-9)10-5-6-10/h9-12H,2-8H2,1H3,(H,14,15). The van der Waals surface area contributed by atoms with Crippen LogP contribution in [0.1, 0.15) is 51.9 Å². The highest BCUT2D eigenvalue weighted by atomic mass is 16.4. The number of carboxylic acids is 1. The molecule has 2 rings (SSSR count). The molecule has 0 amide bonds. The molecule has 2 nitrogen and oxygen atoms in total. The van der Waals surface area contributed by atoms with Gasteiger partial charge in [-0.3, -0.25) is 4.79 Å². The number of carbonyl (C=O) groups is 1. The van der Waals surface area contributed by atoms with Crippen molar-refractivity contribution in [3.8, 4) is 0 Å². The van der Waals surface area contributed by atoms with E-state index in [4.69, 9.17) is 0 Å². The number of hydrogen-bond acceptors (Lipinski definition) is 1. The highest BCUT2D eigenvalue weighted by Gasteiger charge is 2.42. The first-order valence-electron chi connectivity index (χ1n) is 6.45. The zero-order valence-electron chi connectivity index (χ0n) is 9.61. The van der Waals surface area contributed by atoms with Gasteiger partial charge in [-0.05, 0) is 49.9 Å². The summed E-state index contributed by atoms with van der Waals surface area (Å²) < 4.78 is 0. The maximum Gasteiger partial charge on any atom is 0.306 e. The summed E-state index contributed by atoms with van der Waals surface area (Å²) in [4.78, 5) is 11.2. The van der Waals surface area contributed by atoms with Gasteiger partial charge in [0.05, 0.1) is 5.92 Å². The molecular formula is C13H22O2. The Morgan fingerprint density at radius 3 is 2.53 bits per heavy atom. The van der Waals surface area contributed by atoms with Gasteiger partial charge in [-0.1, -0.05) is 19.8 Å². The summed E-state index contributed by atoms with van der Waals surface area (Å²) in [7, 11) is 0. The molecule has 0 heterocycles. The lowest BCUT2D eigenvalue weighted by molar-refractivity contribution is -0.145. The van der Waals surface area contributed by atoms with Gasteiger partial charge in [-0.25, -0.2) is 0 Å². The second-order valence-electron chi connectivity index (χ2n) is 5.41. The number of aliphatic carboxylic acids is 1. The molecule has 0 aromatic carbocycles. The summed E-state index contributed by atoms with van der Waals surface area (Å²) in [5.41, 5.74) is 0. The van der Waals surface area contributed by atoms with Crippen LogP contribution in [-0.4, -0.2) is 11.1 Å². The second kappa shape index (κ2) is 4.54. The summed E-state index contributed by atoms with van der Waals surface area (Å²) in [5.74, 6) is 1.52. The first kappa shape index (κ1) is 11.0. The fourth-order valence-corrected chi connectivity index (χ4v) is 3.32. The summed E-state index contributed by atoms with van der Waals surface area (Å²) >= 11 is 0. The molecule has 2 aliphatic carbocycles. The molecule has 86 valence electrons. The van der Waals surface area contributed by atoms with Crippen molar-refractivity contribution >= 4 is 5.97 Å². The average molecular weight is 210 g/mol. The van der Waals surface area contributed by atoms with Crippen molar-refractivity contribution < 1.29 is 9.90 Å². The van der Waals surface area contributed by atoms with E-state index in [2.05, 4.69) is 6.92 Å². The monoisotopic (exact) mass is 210 g/mol. The Morgan fingerprint density at radius 2 is 2.00 bits per heavy atom. The zero-order chi connectivity index (χ0) is 10.8. The summed E-state index contributed by atoms with van der Waals surface area (Å²) in [6, 6.07) is 0. The summed E-state index contributed by atoms with van der Waals surface area (Å²) in [5, 5.41) is 9.20. The van der Waals surface area contributed by atoms with E-state index < -0.39 is 5.97 Å². The van der Waals surface area contributed by atoms with Crippen LogP contribution in [0.3, 0.4) is 0 Å². The molecule has 0 spiro atoms. The molecule has 0 bridgehead atoms. The second-order valence-corrected chi connectivity index (χ2v) is 5.41. The van der Waals surface area contributed by atoms with Crippen molar-refractivity contribution in [1.29, 1.82) is 0 Å². The first-order chi connectivity index (χ1) is 7.22. The van der Waals surface area contributed by atoms with Crippen LogP contribution in [0.25, 0.3) is 0 Å². The smallest absolute Gasteiger partial charge is 0.306 e. The molecular weight excluding hydrogens is 188 g/mol. The van der Waals surface area contributed by atoms with Crippen molar-refractivity contribution in [3.05, 3.63) is 0 Å². The normalized spacial score (nSPS) is 36.5. The van der Waals surface area contributed by atoms with Crippen LogP contribution in [0.2, 0.25) is 0 Å². The van der Waals surface area contributed by atoms with Crippen molar-refractivity contribution in [3.63, 3.8) is 0 Å². The molecule has 0 aliphatic heterocycles. The molecule has 0 saturated heterocycles. The fourth-order valence-electron chi connectivity index (χ4n) is 3.32. The number of carboxylic acid groups (broad SMARTS) is 1. The van der Waals surface area contributed by atoms with Gasteiger partial charge >= 0.3 is 5.97 Å². The van der Waals surface area contributed by atoms with E-state index in [1.165, 1.54) is 32.1 Å².